The van der Waals surface area contributed by atoms with Crippen LogP contribution in [0.15, 0.2) is 48.5 Å². The number of nitrogens with one attached hydrogen (secondary N) is 1. The van der Waals surface area contributed by atoms with Crippen LogP contribution >= 0.6 is 0 Å². The number of hydrogen-bond acceptors (Lipinski definition) is 3. The van der Waals surface area contributed by atoms with Crippen LogP contribution in [0.3, 0.4) is 0 Å². The molecule has 0 aromatic heterocycles. The van der Waals surface area contributed by atoms with E-state index in [0.29, 0.717) is 18.7 Å². The van der Waals surface area contributed by atoms with Gasteiger partial charge in [0.2, 0.25) is 5.91 Å². The van der Waals surface area contributed by atoms with Crippen molar-refractivity contribution < 1.29 is 19.4 Å². The molecule has 3 rings (SSSR count). The summed E-state index contributed by atoms with van der Waals surface area (Å²) < 4.78 is 5.78. The number of anilines is 1. The van der Waals surface area contributed by atoms with Crippen LogP contribution in [0.1, 0.15) is 36.1 Å². The first-order chi connectivity index (χ1) is 12.5. The lowest BCUT2D eigenvalue weighted by atomic mass is 9.95. The van der Waals surface area contributed by atoms with Gasteiger partial charge in [0.15, 0.2) is 0 Å². The normalized spacial score (nSPS) is 17.2. The number of carbonyl (C=O) groups excluding carboxylic acids is 1. The van der Waals surface area contributed by atoms with Crippen LogP contribution in [-0.2, 0) is 27.2 Å². The monoisotopic (exact) mass is 353 g/mol. The van der Waals surface area contributed by atoms with E-state index in [0.717, 1.165) is 17.5 Å². The first-order valence-electron chi connectivity index (χ1n) is 8.84. The number of hydrogen-bond donors (Lipinski definition) is 2. The fourth-order valence-electron chi connectivity index (χ4n) is 3.19. The highest BCUT2D eigenvalue weighted by molar-refractivity contribution is 5.91. The standard InChI is InChI=1S/C21H23NO4/c1-14(21(24)25)12-15-6-8-17(9-7-15)22-20(23)13-19-18-5-3-2-4-16(18)10-11-26-19/h2-9,14,19H,10-13H2,1H3,(H,22,23)(H,24,25). The second-order valence-electron chi connectivity index (χ2n) is 6.70. The summed E-state index contributed by atoms with van der Waals surface area (Å²) in [6.07, 6.45) is 1.41. The average Bonchev–Trinajstić information content (AvgIpc) is 2.63. The molecule has 5 nitrogen and oxygen atoms in total. The van der Waals surface area contributed by atoms with Crippen LogP contribution in [-0.4, -0.2) is 23.6 Å². The summed E-state index contributed by atoms with van der Waals surface area (Å²) in [4.78, 5) is 23.3. The van der Waals surface area contributed by atoms with Gasteiger partial charge in [0.25, 0.3) is 0 Å². The van der Waals surface area contributed by atoms with Crippen molar-refractivity contribution in [3.63, 3.8) is 0 Å². The summed E-state index contributed by atoms with van der Waals surface area (Å²) in [5, 5.41) is 11.9. The Morgan fingerprint density at radius 3 is 2.65 bits per heavy atom. The molecule has 0 spiro atoms. The van der Waals surface area contributed by atoms with Gasteiger partial charge >= 0.3 is 5.97 Å². The molecule has 0 radical (unpaired) electrons. The number of carboxylic acid groups (broad SMARTS) is 1. The fraction of sp³-hybridized carbons (Fsp3) is 0.333. The Balaban J connectivity index is 1.58. The largest absolute Gasteiger partial charge is 0.481 e. The number of fused-ring (bicyclic) bond motifs is 1. The number of aliphatic carboxylic acids is 1. The highest BCUT2D eigenvalue weighted by atomic mass is 16.5. The SMILES string of the molecule is CC(Cc1ccc(NC(=O)CC2OCCc3ccccc32)cc1)C(=O)O. The van der Waals surface area contributed by atoms with Gasteiger partial charge in [-0.3, -0.25) is 9.59 Å². The Morgan fingerprint density at radius 2 is 1.92 bits per heavy atom. The summed E-state index contributed by atoms with van der Waals surface area (Å²) >= 11 is 0. The molecule has 1 aliphatic rings. The zero-order valence-electron chi connectivity index (χ0n) is 14.8. The molecule has 5 heteroatoms. The van der Waals surface area contributed by atoms with E-state index in [-0.39, 0.29) is 18.4 Å². The fourth-order valence-corrected chi connectivity index (χ4v) is 3.19. The maximum absolute atomic E-state index is 12.4. The smallest absolute Gasteiger partial charge is 0.306 e. The van der Waals surface area contributed by atoms with Gasteiger partial charge in [-0.05, 0) is 41.7 Å². The van der Waals surface area contributed by atoms with Gasteiger partial charge in [-0.1, -0.05) is 43.3 Å². The number of amides is 1. The molecule has 136 valence electrons. The minimum Gasteiger partial charge on any atom is -0.481 e. The van der Waals surface area contributed by atoms with Crippen molar-refractivity contribution in [1.29, 1.82) is 0 Å². The third-order valence-electron chi connectivity index (χ3n) is 4.66. The summed E-state index contributed by atoms with van der Waals surface area (Å²) in [5.41, 5.74) is 3.97. The van der Waals surface area contributed by atoms with Gasteiger partial charge in [-0.25, -0.2) is 0 Å². The molecule has 2 atom stereocenters. The predicted octanol–water partition coefficient (Wildman–Crippen LogP) is 3.59. The van der Waals surface area contributed by atoms with Gasteiger partial charge < -0.3 is 15.2 Å². The highest BCUT2D eigenvalue weighted by Gasteiger charge is 2.23. The Bertz CT molecular complexity index is 785. The molecule has 2 aromatic carbocycles. The maximum atomic E-state index is 12.4. The topological polar surface area (TPSA) is 75.6 Å². The molecular weight excluding hydrogens is 330 g/mol. The van der Waals surface area contributed by atoms with Crippen molar-refractivity contribution >= 4 is 17.6 Å². The highest BCUT2D eigenvalue weighted by Crippen LogP contribution is 2.29. The molecule has 1 heterocycles. The number of benzene rings is 2. The third-order valence-corrected chi connectivity index (χ3v) is 4.66. The molecule has 0 fully saturated rings. The molecule has 0 saturated carbocycles. The van der Waals surface area contributed by atoms with E-state index in [1.807, 2.05) is 30.3 Å². The molecule has 0 aliphatic carbocycles. The third kappa shape index (κ3) is 4.49. The van der Waals surface area contributed by atoms with E-state index in [2.05, 4.69) is 11.4 Å². The number of rotatable bonds is 6. The van der Waals surface area contributed by atoms with Crippen LogP contribution in [0.5, 0.6) is 0 Å². The molecular formula is C21H23NO4. The van der Waals surface area contributed by atoms with Gasteiger partial charge in [0.1, 0.15) is 0 Å². The minimum atomic E-state index is -0.810. The molecule has 1 amide bonds. The van der Waals surface area contributed by atoms with Gasteiger partial charge in [-0.15, -0.1) is 0 Å². The van der Waals surface area contributed by atoms with Gasteiger partial charge in [0.05, 0.1) is 25.0 Å². The van der Waals surface area contributed by atoms with E-state index < -0.39 is 11.9 Å². The van der Waals surface area contributed by atoms with Crippen LogP contribution in [0.4, 0.5) is 5.69 Å². The van der Waals surface area contributed by atoms with E-state index in [1.54, 1.807) is 19.1 Å². The Labute approximate surface area is 153 Å². The van der Waals surface area contributed by atoms with Crippen LogP contribution in [0, 0.1) is 5.92 Å². The van der Waals surface area contributed by atoms with Gasteiger partial charge in [-0.2, -0.15) is 0 Å². The number of carboxylic acids is 1. The van der Waals surface area contributed by atoms with E-state index in [1.165, 1.54) is 5.56 Å². The lowest BCUT2D eigenvalue weighted by Crippen LogP contribution is -2.22. The zero-order chi connectivity index (χ0) is 18.5. The Hall–Kier alpha value is -2.66. The molecule has 2 unspecified atom stereocenters. The summed E-state index contributed by atoms with van der Waals surface area (Å²) in [7, 11) is 0. The molecule has 2 aromatic rings. The van der Waals surface area contributed by atoms with Crippen molar-refractivity contribution in [2.75, 3.05) is 11.9 Å². The minimum absolute atomic E-state index is 0.0987. The summed E-state index contributed by atoms with van der Waals surface area (Å²) in [5.74, 6) is -1.34. The quantitative estimate of drug-likeness (QED) is 0.832. The summed E-state index contributed by atoms with van der Waals surface area (Å²) in [6, 6.07) is 15.4. The molecule has 2 N–H and O–H groups in total. The average molecular weight is 353 g/mol. The number of ether oxygens (including phenoxy) is 1. The molecule has 0 bridgehead atoms. The van der Waals surface area contributed by atoms with Crippen molar-refractivity contribution in [1.82, 2.24) is 0 Å². The first-order valence-corrected chi connectivity index (χ1v) is 8.84. The predicted molar refractivity (Wildman–Crippen MR) is 99.0 cm³/mol. The second kappa shape index (κ2) is 8.15. The van der Waals surface area contributed by atoms with Gasteiger partial charge in [0, 0.05) is 5.69 Å². The molecule has 26 heavy (non-hydrogen) atoms. The van der Waals surface area contributed by atoms with Crippen LogP contribution in [0.2, 0.25) is 0 Å². The van der Waals surface area contributed by atoms with Crippen molar-refractivity contribution in [2.24, 2.45) is 5.92 Å². The Kier molecular flexibility index (Phi) is 5.68. The van der Waals surface area contributed by atoms with E-state index >= 15 is 0 Å². The molecule has 0 saturated heterocycles. The van der Waals surface area contributed by atoms with Crippen LogP contribution < -0.4 is 5.32 Å². The van der Waals surface area contributed by atoms with E-state index in [9.17, 15) is 9.59 Å². The molecule has 1 aliphatic heterocycles. The maximum Gasteiger partial charge on any atom is 0.306 e. The van der Waals surface area contributed by atoms with Crippen LogP contribution in [0.25, 0.3) is 0 Å². The zero-order valence-corrected chi connectivity index (χ0v) is 14.8. The van der Waals surface area contributed by atoms with Crippen molar-refractivity contribution in [2.45, 2.75) is 32.3 Å². The second-order valence-corrected chi connectivity index (χ2v) is 6.70. The van der Waals surface area contributed by atoms with Crippen molar-refractivity contribution in [3.8, 4) is 0 Å². The lowest BCUT2D eigenvalue weighted by molar-refractivity contribution is -0.141. The number of carbonyl (C=O) groups is 2. The van der Waals surface area contributed by atoms with Crippen molar-refractivity contribution in [3.05, 3.63) is 65.2 Å². The first kappa shape index (κ1) is 18.1. The van der Waals surface area contributed by atoms with E-state index in [4.69, 9.17) is 9.84 Å². The Morgan fingerprint density at radius 1 is 1.19 bits per heavy atom. The lowest BCUT2D eigenvalue weighted by Gasteiger charge is -2.25. The summed E-state index contributed by atoms with van der Waals surface area (Å²) in [6.45, 7) is 2.31.